The quantitative estimate of drug-likeness (QED) is 0.621. The van der Waals surface area contributed by atoms with Crippen LogP contribution >= 0.6 is 11.6 Å². The Morgan fingerprint density at radius 3 is 2.87 bits per heavy atom. The van der Waals surface area contributed by atoms with Gasteiger partial charge in [-0.2, -0.15) is 0 Å². The van der Waals surface area contributed by atoms with Crippen molar-refractivity contribution >= 4 is 11.6 Å². The molecule has 0 aromatic heterocycles. The topological polar surface area (TPSA) is 26.0 Å². The van der Waals surface area contributed by atoms with E-state index in [0.717, 1.165) is 19.3 Å². The zero-order valence-corrected chi connectivity index (χ0v) is 9.15. The van der Waals surface area contributed by atoms with E-state index in [4.69, 9.17) is 17.3 Å². The number of rotatable bonds is 3. The van der Waals surface area contributed by atoms with E-state index in [1.54, 1.807) is 0 Å². The molecule has 0 bridgehead atoms. The second kappa shape index (κ2) is 6.44. The van der Waals surface area contributed by atoms with Gasteiger partial charge in [0, 0.05) is 12.0 Å². The number of hydrogen-bond acceptors (Lipinski definition) is 1. The van der Waals surface area contributed by atoms with E-state index in [9.17, 15) is 4.39 Å². The van der Waals surface area contributed by atoms with Crippen molar-refractivity contribution in [2.45, 2.75) is 19.3 Å². The average molecular weight is 226 g/mol. The summed E-state index contributed by atoms with van der Waals surface area (Å²) in [6.07, 6.45) is 2.70. The van der Waals surface area contributed by atoms with E-state index in [-0.39, 0.29) is 5.82 Å². The molecule has 0 saturated carbocycles. The highest BCUT2D eigenvalue weighted by Crippen LogP contribution is 2.15. The van der Waals surface area contributed by atoms with Crippen molar-refractivity contribution in [3.8, 4) is 11.8 Å². The maximum absolute atomic E-state index is 12.8. The molecule has 1 aromatic rings. The molecule has 1 nitrogen and oxygen atoms in total. The molecule has 0 saturated heterocycles. The third-order valence-electron chi connectivity index (χ3n) is 1.91. The molecule has 1 aromatic carbocycles. The van der Waals surface area contributed by atoms with Crippen molar-refractivity contribution < 1.29 is 4.39 Å². The lowest BCUT2D eigenvalue weighted by Gasteiger charge is -1.95. The van der Waals surface area contributed by atoms with Gasteiger partial charge >= 0.3 is 0 Å². The average Bonchev–Trinajstić information content (AvgIpc) is 2.23. The molecule has 1 rings (SSSR count). The number of benzene rings is 1. The summed E-state index contributed by atoms with van der Waals surface area (Å²) >= 11 is 5.85. The minimum atomic E-state index is -0.314. The van der Waals surface area contributed by atoms with Gasteiger partial charge in [-0.15, -0.1) is 0 Å². The fourth-order valence-electron chi connectivity index (χ4n) is 1.11. The fourth-order valence-corrected chi connectivity index (χ4v) is 1.27. The van der Waals surface area contributed by atoms with Crippen LogP contribution in [0.1, 0.15) is 24.8 Å². The van der Waals surface area contributed by atoms with Crippen LogP contribution in [0.2, 0.25) is 5.02 Å². The third-order valence-corrected chi connectivity index (χ3v) is 2.24. The number of nitrogens with two attached hydrogens (primary N) is 1. The third kappa shape index (κ3) is 4.33. The summed E-state index contributed by atoms with van der Waals surface area (Å²) in [5.74, 6) is 5.48. The minimum Gasteiger partial charge on any atom is -0.330 e. The van der Waals surface area contributed by atoms with Gasteiger partial charge in [-0.3, -0.25) is 0 Å². The molecule has 0 unspecified atom stereocenters. The number of hydrogen-bond donors (Lipinski definition) is 1. The van der Waals surface area contributed by atoms with Gasteiger partial charge in [-0.05, 0) is 37.6 Å². The highest BCUT2D eigenvalue weighted by atomic mass is 35.5. The highest BCUT2D eigenvalue weighted by molar-refractivity contribution is 6.31. The predicted octanol–water partition coefficient (Wildman–Crippen LogP) is 2.96. The molecular weight excluding hydrogens is 213 g/mol. The Bertz CT molecular complexity index is 379. The summed E-state index contributed by atoms with van der Waals surface area (Å²) in [4.78, 5) is 0. The Balaban J connectivity index is 2.59. The lowest BCUT2D eigenvalue weighted by Crippen LogP contribution is -1.96. The molecule has 80 valence electrons. The normalized spacial score (nSPS) is 9.53. The summed E-state index contributed by atoms with van der Waals surface area (Å²) in [6.45, 7) is 0.683. The van der Waals surface area contributed by atoms with E-state index in [1.807, 2.05) is 0 Å². The fraction of sp³-hybridized carbons (Fsp3) is 0.333. The lowest BCUT2D eigenvalue weighted by molar-refractivity contribution is 0.627. The van der Waals surface area contributed by atoms with Crippen LogP contribution < -0.4 is 5.73 Å². The smallest absolute Gasteiger partial charge is 0.124 e. The standard InChI is InChI=1S/C12H13ClFN/c13-12-7-6-11(14)9-10(12)5-3-1-2-4-8-15/h6-7,9H,1-2,4,8,15H2. The highest BCUT2D eigenvalue weighted by Gasteiger charge is 1.97. The first-order valence-electron chi connectivity index (χ1n) is 4.88. The Kier molecular flexibility index (Phi) is 5.17. The zero-order valence-electron chi connectivity index (χ0n) is 8.39. The number of halogens is 2. The summed E-state index contributed by atoms with van der Waals surface area (Å²) < 4.78 is 12.8. The van der Waals surface area contributed by atoms with Crippen molar-refractivity contribution in [3.63, 3.8) is 0 Å². The first kappa shape index (κ1) is 12.0. The molecule has 0 spiro atoms. The van der Waals surface area contributed by atoms with Crippen LogP contribution in [0, 0.1) is 17.7 Å². The molecule has 0 aliphatic rings. The second-order valence-electron chi connectivity index (χ2n) is 3.17. The molecule has 0 aliphatic carbocycles. The molecule has 2 N–H and O–H groups in total. The molecule has 0 heterocycles. The van der Waals surface area contributed by atoms with Crippen LogP contribution in [-0.2, 0) is 0 Å². The lowest BCUT2D eigenvalue weighted by atomic mass is 10.2. The monoisotopic (exact) mass is 225 g/mol. The summed E-state index contributed by atoms with van der Waals surface area (Å²) in [7, 11) is 0. The molecule has 0 amide bonds. The van der Waals surface area contributed by atoms with E-state index in [2.05, 4.69) is 11.8 Å². The van der Waals surface area contributed by atoms with Crippen molar-refractivity contribution in [3.05, 3.63) is 34.6 Å². The second-order valence-corrected chi connectivity index (χ2v) is 3.58. The van der Waals surface area contributed by atoms with Crippen LogP contribution in [0.25, 0.3) is 0 Å². The van der Waals surface area contributed by atoms with Crippen molar-refractivity contribution in [2.75, 3.05) is 6.54 Å². The van der Waals surface area contributed by atoms with Gasteiger partial charge in [-0.1, -0.05) is 23.4 Å². The molecule has 0 atom stereocenters. The Morgan fingerprint density at radius 2 is 2.13 bits per heavy atom. The van der Waals surface area contributed by atoms with Crippen LogP contribution in [0.15, 0.2) is 18.2 Å². The Labute approximate surface area is 94.4 Å². The molecule has 3 heteroatoms. The van der Waals surface area contributed by atoms with Crippen LogP contribution in [0.4, 0.5) is 4.39 Å². The van der Waals surface area contributed by atoms with E-state index in [0.29, 0.717) is 17.1 Å². The van der Waals surface area contributed by atoms with E-state index in [1.165, 1.54) is 18.2 Å². The first-order chi connectivity index (χ1) is 7.24. The summed E-state index contributed by atoms with van der Waals surface area (Å²) in [6, 6.07) is 4.18. The van der Waals surface area contributed by atoms with Gasteiger partial charge in [0.2, 0.25) is 0 Å². The Hall–Kier alpha value is -1.04. The van der Waals surface area contributed by atoms with Crippen molar-refractivity contribution in [1.29, 1.82) is 0 Å². The van der Waals surface area contributed by atoms with Crippen molar-refractivity contribution in [1.82, 2.24) is 0 Å². The largest absolute Gasteiger partial charge is 0.330 e. The van der Waals surface area contributed by atoms with Gasteiger partial charge in [0.05, 0.1) is 5.02 Å². The summed E-state index contributed by atoms with van der Waals surface area (Å²) in [5.41, 5.74) is 5.89. The van der Waals surface area contributed by atoms with Gasteiger partial charge in [0.15, 0.2) is 0 Å². The van der Waals surface area contributed by atoms with Crippen LogP contribution in [0.5, 0.6) is 0 Å². The Morgan fingerprint density at radius 1 is 1.33 bits per heavy atom. The molecule has 0 aliphatic heterocycles. The molecule has 0 fully saturated rings. The van der Waals surface area contributed by atoms with Crippen molar-refractivity contribution in [2.24, 2.45) is 5.73 Å². The predicted molar refractivity (Wildman–Crippen MR) is 61.2 cm³/mol. The maximum atomic E-state index is 12.8. The van der Waals surface area contributed by atoms with Gasteiger partial charge in [-0.25, -0.2) is 4.39 Å². The van der Waals surface area contributed by atoms with Crippen LogP contribution in [-0.4, -0.2) is 6.54 Å². The molecular formula is C12H13ClFN. The van der Waals surface area contributed by atoms with E-state index >= 15 is 0 Å². The maximum Gasteiger partial charge on any atom is 0.124 e. The van der Waals surface area contributed by atoms with Gasteiger partial charge in [0.1, 0.15) is 5.82 Å². The van der Waals surface area contributed by atoms with Crippen LogP contribution in [0.3, 0.4) is 0 Å². The molecule has 0 radical (unpaired) electrons. The summed E-state index contributed by atoms with van der Waals surface area (Å²) in [5, 5.41) is 0.489. The first-order valence-corrected chi connectivity index (χ1v) is 5.26. The number of unbranched alkanes of at least 4 members (excludes halogenated alkanes) is 2. The minimum absolute atomic E-state index is 0.314. The van der Waals surface area contributed by atoms with E-state index < -0.39 is 0 Å². The van der Waals surface area contributed by atoms with Gasteiger partial charge < -0.3 is 5.73 Å². The van der Waals surface area contributed by atoms with Gasteiger partial charge in [0.25, 0.3) is 0 Å². The SMILES string of the molecule is NCCCCC#Cc1cc(F)ccc1Cl. The zero-order chi connectivity index (χ0) is 11.1. The molecule has 15 heavy (non-hydrogen) atoms.